The first-order valence-electron chi connectivity index (χ1n) is 12.9. The number of nitrogens with one attached hydrogen (secondary N) is 2. The van der Waals surface area contributed by atoms with Gasteiger partial charge < -0.3 is 24.5 Å². The third-order valence-corrected chi connectivity index (χ3v) is 6.73. The minimum absolute atomic E-state index is 0.0571. The standard InChI is InChI=1S/C30H35N3O5/c1-6-8-27-23-17-29(38-5)28(37-4)16-22(23)24(30(35)33-27)15-20-13-19-14-21(36-3)10-11-26(19)32-25(20)9-7-12-31-18(2)34/h10-11,13-14,16-17H,6-9,12,15H2,1-5H3,(H,31,34)(H,33,35). The lowest BCUT2D eigenvalue weighted by Gasteiger charge is -2.16. The van der Waals surface area contributed by atoms with Crippen LogP contribution in [-0.2, 0) is 24.1 Å². The number of aryl methyl sites for hydroxylation is 2. The first-order chi connectivity index (χ1) is 18.4. The number of carbonyl (C=O) groups excluding carboxylic acids is 1. The van der Waals surface area contributed by atoms with Crippen LogP contribution < -0.4 is 25.1 Å². The number of aromatic amines is 1. The minimum Gasteiger partial charge on any atom is -0.497 e. The van der Waals surface area contributed by atoms with Crippen molar-refractivity contribution in [3.05, 3.63) is 69.3 Å². The van der Waals surface area contributed by atoms with Crippen LogP contribution in [-0.4, -0.2) is 43.7 Å². The number of pyridine rings is 2. The van der Waals surface area contributed by atoms with Crippen LogP contribution in [0.3, 0.4) is 0 Å². The molecule has 0 fully saturated rings. The van der Waals surface area contributed by atoms with Crippen LogP contribution in [0.1, 0.15) is 49.2 Å². The fourth-order valence-corrected chi connectivity index (χ4v) is 4.85. The van der Waals surface area contributed by atoms with Gasteiger partial charge in [0.25, 0.3) is 5.56 Å². The van der Waals surface area contributed by atoms with Gasteiger partial charge in [0.15, 0.2) is 11.5 Å². The van der Waals surface area contributed by atoms with Crippen molar-refractivity contribution in [2.45, 2.75) is 46.0 Å². The molecule has 2 N–H and O–H groups in total. The highest BCUT2D eigenvalue weighted by Crippen LogP contribution is 2.35. The molecule has 38 heavy (non-hydrogen) atoms. The van der Waals surface area contributed by atoms with E-state index in [1.165, 1.54) is 6.92 Å². The van der Waals surface area contributed by atoms with Crippen molar-refractivity contribution in [3.8, 4) is 17.2 Å². The number of hydrogen-bond acceptors (Lipinski definition) is 6. The van der Waals surface area contributed by atoms with Gasteiger partial charge in [0.1, 0.15) is 5.75 Å². The molecule has 0 saturated carbocycles. The lowest BCUT2D eigenvalue weighted by atomic mass is 9.94. The van der Waals surface area contributed by atoms with Crippen LogP contribution in [0.4, 0.5) is 0 Å². The van der Waals surface area contributed by atoms with Crippen molar-refractivity contribution in [2.24, 2.45) is 0 Å². The highest BCUT2D eigenvalue weighted by Gasteiger charge is 2.18. The maximum Gasteiger partial charge on any atom is 0.252 e. The molecular formula is C30H35N3O5. The number of amides is 1. The summed E-state index contributed by atoms with van der Waals surface area (Å²) in [5, 5.41) is 5.57. The molecule has 2 heterocycles. The Morgan fingerprint density at radius 3 is 2.37 bits per heavy atom. The molecule has 0 spiro atoms. The zero-order chi connectivity index (χ0) is 27.2. The molecular weight excluding hydrogens is 482 g/mol. The number of carbonyl (C=O) groups is 1. The molecule has 0 aliphatic heterocycles. The Kier molecular flexibility index (Phi) is 8.51. The summed E-state index contributed by atoms with van der Waals surface area (Å²) in [7, 11) is 4.84. The Labute approximate surface area is 222 Å². The SMILES string of the molecule is CCCc1[nH]c(=O)c(Cc2cc3cc(OC)ccc3nc2CCCNC(C)=O)c2cc(OC)c(OC)cc12. The monoisotopic (exact) mass is 517 g/mol. The molecule has 0 bridgehead atoms. The minimum atomic E-state index is -0.122. The Morgan fingerprint density at radius 1 is 0.974 bits per heavy atom. The second-order valence-corrected chi connectivity index (χ2v) is 9.33. The highest BCUT2D eigenvalue weighted by molar-refractivity contribution is 5.91. The molecule has 1 amide bonds. The molecule has 0 saturated heterocycles. The molecule has 8 heteroatoms. The highest BCUT2D eigenvalue weighted by atomic mass is 16.5. The lowest BCUT2D eigenvalue weighted by Crippen LogP contribution is -2.21. The van der Waals surface area contributed by atoms with E-state index in [1.54, 1.807) is 21.3 Å². The van der Waals surface area contributed by atoms with E-state index < -0.39 is 0 Å². The molecule has 0 atom stereocenters. The summed E-state index contributed by atoms with van der Waals surface area (Å²) in [6.45, 7) is 4.15. The molecule has 0 aliphatic rings. The van der Waals surface area contributed by atoms with Gasteiger partial charge >= 0.3 is 0 Å². The molecule has 2 aromatic carbocycles. The second kappa shape index (κ2) is 12.0. The number of aromatic nitrogens is 2. The summed E-state index contributed by atoms with van der Waals surface area (Å²) in [5.41, 5.74) is 4.12. The van der Waals surface area contributed by atoms with Gasteiger partial charge in [-0.05, 0) is 66.6 Å². The van der Waals surface area contributed by atoms with E-state index in [0.717, 1.165) is 63.6 Å². The van der Waals surface area contributed by atoms with Gasteiger partial charge in [-0.3, -0.25) is 14.6 Å². The van der Waals surface area contributed by atoms with E-state index in [4.69, 9.17) is 19.2 Å². The first-order valence-corrected chi connectivity index (χ1v) is 12.9. The number of ether oxygens (including phenoxy) is 3. The van der Waals surface area contributed by atoms with Crippen molar-refractivity contribution < 1.29 is 19.0 Å². The number of benzene rings is 2. The van der Waals surface area contributed by atoms with Crippen molar-refractivity contribution in [2.75, 3.05) is 27.9 Å². The summed E-state index contributed by atoms with van der Waals surface area (Å²) in [5.74, 6) is 1.88. The Balaban J connectivity index is 1.87. The van der Waals surface area contributed by atoms with Crippen LogP contribution in [0.15, 0.2) is 41.2 Å². The van der Waals surface area contributed by atoms with E-state index in [1.807, 2.05) is 30.3 Å². The van der Waals surface area contributed by atoms with Gasteiger partial charge in [0.2, 0.25) is 5.91 Å². The molecule has 200 valence electrons. The summed E-state index contributed by atoms with van der Waals surface area (Å²) < 4.78 is 16.6. The van der Waals surface area contributed by atoms with E-state index in [0.29, 0.717) is 36.4 Å². The Morgan fingerprint density at radius 2 is 1.71 bits per heavy atom. The van der Waals surface area contributed by atoms with Crippen LogP contribution >= 0.6 is 0 Å². The number of methoxy groups -OCH3 is 3. The van der Waals surface area contributed by atoms with Gasteiger partial charge in [0.05, 0.1) is 26.8 Å². The first kappa shape index (κ1) is 27.0. The number of rotatable bonds is 11. The lowest BCUT2D eigenvalue weighted by molar-refractivity contribution is -0.118. The summed E-state index contributed by atoms with van der Waals surface area (Å²) in [4.78, 5) is 32.9. The van der Waals surface area contributed by atoms with Crippen LogP contribution in [0.25, 0.3) is 21.7 Å². The number of nitrogens with zero attached hydrogens (tertiary/aromatic N) is 1. The number of fused-ring (bicyclic) bond motifs is 2. The Bertz CT molecular complexity index is 1530. The second-order valence-electron chi connectivity index (χ2n) is 9.33. The average Bonchev–Trinajstić information content (AvgIpc) is 2.92. The molecule has 8 nitrogen and oxygen atoms in total. The fourth-order valence-electron chi connectivity index (χ4n) is 4.85. The summed E-state index contributed by atoms with van der Waals surface area (Å²) in [6.07, 6.45) is 3.43. The van der Waals surface area contributed by atoms with Crippen LogP contribution in [0, 0.1) is 0 Å². The van der Waals surface area contributed by atoms with Gasteiger partial charge in [-0.25, -0.2) is 0 Å². The smallest absolute Gasteiger partial charge is 0.252 e. The van der Waals surface area contributed by atoms with Gasteiger partial charge in [-0.15, -0.1) is 0 Å². The maximum absolute atomic E-state index is 13.5. The van der Waals surface area contributed by atoms with E-state index in [9.17, 15) is 9.59 Å². The normalized spacial score (nSPS) is 11.1. The predicted octanol–water partition coefficient (Wildman–Crippen LogP) is 4.71. The number of hydrogen-bond donors (Lipinski definition) is 2. The van der Waals surface area contributed by atoms with Crippen molar-refractivity contribution in [1.29, 1.82) is 0 Å². The van der Waals surface area contributed by atoms with Gasteiger partial charge in [-0.1, -0.05) is 13.3 Å². The Hall–Kier alpha value is -4.07. The fraction of sp³-hybridized carbons (Fsp3) is 0.367. The average molecular weight is 518 g/mol. The van der Waals surface area contributed by atoms with Crippen LogP contribution in [0.5, 0.6) is 17.2 Å². The zero-order valence-corrected chi connectivity index (χ0v) is 22.7. The molecule has 0 unspecified atom stereocenters. The summed E-state index contributed by atoms with van der Waals surface area (Å²) >= 11 is 0. The van der Waals surface area contributed by atoms with E-state index in [2.05, 4.69) is 23.3 Å². The molecule has 0 radical (unpaired) electrons. The van der Waals surface area contributed by atoms with Crippen molar-refractivity contribution in [1.82, 2.24) is 15.3 Å². The van der Waals surface area contributed by atoms with E-state index >= 15 is 0 Å². The molecule has 0 aliphatic carbocycles. The topological polar surface area (TPSA) is 103 Å². The predicted molar refractivity (Wildman–Crippen MR) is 150 cm³/mol. The van der Waals surface area contributed by atoms with Crippen molar-refractivity contribution >= 4 is 27.6 Å². The third-order valence-electron chi connectivity index (χ3n) is 6.73. The largest absolute Gasteiger partial charge is 0.497 e. The summed E-state index contributed by atoms with van der Waals surface area (Å²) in [6, 6.07) is 11.7. The zero-order valence-electron chi connectivity index (χ0n) is 22.7. The number of H-pyrrole nitrogens is 1. The van der Waals surface area contributed by atoms with Gasteiger partial charge in [-0.2, -0.15) is 0 Å². The third kappa shape index (κ3) is 5.74. The molecule has 2 aromatic heterocycles. The maximum atomic E-state index is 13.5. The van der Waals surface area contributed by atoms with Crippen molar-refractivity contribution in [3.63, 3.8) is 0 Å². The quantitative estimate of drug-likeness (QED) is 0.279. The van der Waals surface area contributed by atoms with E-state index in [-0.39, 0.29) is 11.5 Å². The molecule has 4 aromatic rings. The van der Waals surface area contributed by atoms with Gasteiger partial charge in [0, 0.05) is 47.6 Å². The van der Waals surface area contributed by atoms with Crippen LogP contribution in [0.2, 0.25) is 0 Å². The molecule has 4 rings (SSSR count).